The first-order valence-corrected chi connectivity index (χ1v) is 15.8. The van der Waals surface area contributed by atoms with Crippen molar-refractivity contribution in [2.45, 2.75) is 62.8 Å². The van der Waals surface area contributed by atoms with Crippen LogP contribution in [0.25, 0.3) is 28.4 Å². The maximum atomic E-state index is 13.8. The molecule has 0 aliphatic heterocycles. The SMILES string of the molecule is COc1nc(NC(=O)C2(NC(=O)c3ccc4c(C5CCCC5)c(-c5ccc(Cl)cn5)n(C)c4c3)CCCC2)cnc1/C=C/C(=O)O. The van der Waals surface area contributed by atoms with Crippen molar-refractivity contribution in [3.8, 4) is 17.3 Å². The number of methoxy groups -OCH3 is 1. The number of carbonyl (C=O) groups is 3. The highest BCUT2D eigenvalue weighted by atomic mass is 35.5. The van der Waals surface area contributed by atoms with Crippen LogP contribution in [0.1, 0.15) is 78.9 Å². The predicted molar refractivity (Wildman–Crippen MR) is 175 cm³/mol. The quantitative estimate of drug-likeness (QED) is 0.185. The number of fused-ring (bicyclic) bond motifs is 1. The third kappa shape index (κ3) is 6.06. The van der Waals surface area contributed by atoms with Crippen LogP contribution < -0.4 is 15.4 Å². The van der Waals surface area contributed by atoms with Gasteiger partial charge in [-0.2, -0.15) is 4.98 Å². The van der Waals surface area contributed by atoms with E-state index in [1.807, 2.05) is 37.4 Å². The number of ether oxygens (including phenoxy) is 1. The number of pyridine rings is 1. The summed E-state index contributed by atoms with van der Waals surface area (Å²) < 4.78 is 7.35. The number of carbonyl (C=O) groups excluding carboxylic acids is 2. The summed E-state index contributed by atoms with van der Waals surface area (Å²) in [6.45, 7) is 0. The molecule has 1 aromatic carbocycles. The van der Waals surface area contributed by atoms with Crippen molar-refractivity contribution in [2.24, 2.45) is 7.05 Å². The van der Waals surface area contributed by atoms with E-state index in [2.05, 4.69) is 30.2 Å². The van der Waals surface area contributed by atoms with Gasteiger partial charge in [-0.1, -0.05) is 43.4 Å². The molecule has 0 spiro atoms. The number of amides is 2. The summed E-state index contributed by atoms with van der Waals surface area (Å²) in [6.07, 6.45) is 12.2. The van der Waals surface area contributed by atoms with E-state index < -0.39 is 17.4 Å². The van der Waals surface area contributed by atoms with Crippen LogP contribution in [-0.2, 0) is 16.6 Å². The van der Waals surface area contributed by atoms with E-state index in [0.29, 0.717) is 29.3 Å². The van der Waals surface area contributed by atoms with E-state index in [1.165, 1.54) is 37.8 Å². The van der Waals surface area contributed by atoms with Gasteiger partial charge in [-0.05, 0) is 67.5 Å². The molecule has 2 aliphatic carbocycles. The number of rotatable bonds is 9. The molecule has 3 heterocycles. The highest BCUT2D eigenvalue weighted by Gasteiger charge is 2.43. The Morgan fingerprint density at radius 2 is 1.83 bits per heavy atom. The number of aliphatic carboxylic acids is 1. The molecular formula is C34H35ClN6O5. The third-order valence-electron chi connectivity index (χ3n) is 9.07. The Labute approximate surface area is 271 Å². The average Bonchev–Trinajstić information content (AvgIpc) is 3.81. The normalized spacial score (nSPS) is 16.2. The van der Waals surface area contributed by atoms with Gasteiger partial charge in [0, 0.05) is 35.8 Å². The highest BCUT2D eigenvalue weighted by molar-refractivity contribution is 6.30. The summed E-state index contributed by atoms with van der Waals surface area (Å²) >= 11 is 6.15. The minimum absolute atomic E-state index is 0.0563. The van der Waals surface area contributed by atoms with Crippen molar-refractivity contribution in [3.05, 3.63) is 70.6 Å². The molecule has 3 N–H and O–H groups in total. The number of halogens is 1. The Bertz CT molecular complexity index is 1840. The van der Waals surface area contributed by atoms with Gasteiger partial charge in [0.1, 0.15) is 11.2 Å². The molecule has 0 unspecified atom stereocenters. The summed E-state index contributed by atoms with van der Waals surface area (Å²) in [4.78, 5) is 51.5. The first-order valence-electron chi connectivity index (χ1n) is 15.4. The molecule has 3 aromatic heterocycles. The zero-order valence-corrected chi connectivity index (χ0v) is 26.4. The Balaban J connectivity index is 1.29. The Hall–Kier alpha value is -4.77. The number of nitrogens with zero attached hydrogens (tertiary/aromatic N) is 4. The molecule has 0 radical (unpaired) electrons. The lowest BCUT2D eigenvalue weighted by molar-refractivity contribution is -0.131. The van der Waals surface area contributed by atoms with Crippen molar-refractivity contribution in [1.82, 2.24) is 24.8 Å². The van der Waals surface area contributed by atoms with Crippen molar-refractivity contribution in [1.29, 1.82) is 0 Å². The molecule has 2 amide bonds. The van der Waals surface area contributed by atoms with Crippen molar-refractivity contribution in [2.75, 3.05) is 12.4 Å². The van der Waals surface area contributed by atoms with Gasteiger partial charge in [-0.15, -0.1) is 0 Å². The summed E-state index contributed by atoms with van der Waals surface area (Å²) in [5.74, 6) is -1.29. The smallest absolute Gasteiger partial charge is 0.328 e. The standard InChI is InChI=1S/C34H35ClN6O5/c1-41-26-17-21(9-11-23(26)29(20-7-3-4-8-20)30(41)24-12-10-22(35)18-36-24)31(44)40-34(15-5-6-16-34)33(45)39-27-19-37-25(13-14-28(42)43)32(38-27)46-2/h9-14,17-20H,3-8,15-16H2,1-2H3,(H,40,44)(H,42,43)(H,38,39,45)/b14-13+. The number of benzene rings is 1. The van der Waals surface area contributed by atoms with Crippen LogP contribution in [0.5, 0.6) is 5.88 Å². The van der Waals surface area contributed by atoms with Gasteiger partial charge >= 0.3 is 5.97 Å². The molecular weight excluding hydrogens is 608 g/mol. The van der Waals surface area contributed by atoms with Gasteiger partial charge in [-0.25, -0.2) is 9.78 Å². The van der Waals surface area contributed by atoms with Crippen molar-refractivity contribution < 1.29 is 24.2 Å². The molecule has 238 valence electrons. The molecule has 0 saturated heterocycles. The van der Waals surface area contributed by atoms with Crippen LogP contribution >= 0.6 is 11.6 Å². The van der Waals surface area contributed by atoms with Crippen LogP contribution in [0.4, 0.5) is 5.82 Å². The molecule has 2 fully saturated rings. The molecule has 6 rings (SSSR count). The molecule has 46 heavy (non-hydrogen) atoms. The number of carboxylic acid groups (broad SMARTS) is 1. The maximum Gasteiger partial charge on any atom is 0.328 e. The predicted octanol–water partition coefficient (Wildman–Crippen LogP) is 6.13. The lowest BCUT2D eigenvalue weighted by Crippen LogP contribution is -2.55. The molecule has 0 atom stereocenters. The number of anilines is 1. The number of hydrogen-bond acceptors (Lipinski definition) is 7. The van der Waals surface area contributed by atoms with Crippen molar-refractivity contribution >= 4 is 52.2 Å². The summed E-state index contributed by atoms with van der Waals surface area (Å²) in [5, 5.41) is 16.4. The second-order valence-electron chi connectivity index (χ2n) is 11.9. The fraction of sp³-hybridized carbons (Fsp3) is 0.353. The van der Waals surface area contributed by atoms with Gasteiger partial charge < -0.3 is 25.0 Å². The number of aryl methyl sites for hydroxylation is 1. The molecule has 12 heteroatoms. The minimum Gasteiger partial charge on any atom is -0.479 e. The Kier molecular flexibility index (Phi) is 8.77. The minimum atomic E-state index is -1.14. The fourth-order valence-corrected chi connectivity index (χ4v) is 6.94. The van der Waals surface area contributed by atoms with Gasteiger partial charge in [0.15, 0.2) is 5.82 Å². The van der Waals surface area contributed by atoms with E-state index in [9.17, 15) is 14.4 Å². The summed E-state index contributed by atoms with van der Waals surface area (Å²) in [7, 11) is 3.37. The van der Waals surface area contributed by atoms with Crippen LogP contribution in [0.15, 0.2) is 48.8 Å². The molecule has 0 bridgehead atoms. The lowest BCUT2D eigenvalue weighted by atomic mass is 9.92. The van der Waals surface area contributed by atoms with Gasteiger partial charge in [0.2, 0.25) is 5.88 Å². The largest absolute Gasteiger partial charge is 0.479 e. The van der Waals surface area contributed by atoms with Crippen LogP contribution in [0, 0.1) is 0 Å². The van der Waals surface area contributed by atoms with Crippen LogP contribution in [0.3, 0.4) is 0 Å². The van der Waals surface area contributed by atoms with Crippen molar-refractivity contribution in [3.63, 3.8) is 0 Å². The maximum absolute atomic E-state index is 13.8. The Morgan fingerprint density at radius 3 is 2.50 bits per heavy atom. The lowest BCUT2D eigenvalue weighted by Gasteiger charge is -2.29. The average molecular weight is 643 g/mol. The monoisotopic (exact) mass is 642 g/mol. The topological polar surface area (TPSA) is 148 Å². The highest BCUT2D eigenvalue weighted by Crippen LogP contribution is 2.44. The first-order chi connectivity index (χ1) is 22.2. The fourth-order valence-electron chi connectivity index (χ4n) is 6.83. The Morgan fingerprint density at radius 1 is 1.07 bits per heavy atom. The van der Waals surface area contributed by atoms with Crippen LogP contribution in [0.2, 0.25) is 5.02 Å². The molecule has 2 saturated carbocycles. The molecule has 11 nitrogen and oxygen atoms in total. The van der Waals surface area contributed by atoms with E-state index >= 15 is 0 Å². The number of aromatic nitrogens is 4. The van der Waals surface area contributed by atoms with E-state index in [1.54, 1.807) is 6.20 Å². The summed E-state index contributed by atoms with van der Waals surface area (Å²) in [6, 6.07) is 9.52. The van der Waals surface area contributed by atoms with E-state index in [0.717, 1.165) is 54.1 Å². The number of hydrogen-bond donors (Lipinski definition) is 3. The zero-order valence-electron chi connectivity index (χ0n) is 25.7. The third-order valence-corrected chi connectivity index (χ3v) is 9.29. The van der Waals surface area contributed by atoms with E-state index in [-0.39, 0.29) is 23.3 Å². The zero-order chi connectivity index (χ0) is 32.4. The first kappa shape index (κ1) is 31.2. The van der Waals surface area contributed by atoms with E-state index in [4.69, 9.17) is 21.4 Å². The van der Waals surface area contributed by atoms with Gasteiger partial charge in [0.25, 0.3) is 11.8 Å². The van der Waals surface area contributed by atoms with Gasteiger partial charge in [0.05, 0.1) is 29.7 Å². The molecule has 2 aliphatic rings. The second-order valence-corrected chi connectivity index (χ2v) is 12.4. The van der Waals surface area contributed by atoms with Gasteiger partial charge in [-0.3, -0.25) is 14.6 Å². The number of nitrogens with one attached hydrogen (secondary N) is 2. The second kappa shape index (κ2) is 12.9. The summed E-state index contributed by atoms with van der Waals surface area (Å²) in [5.41, 5.74) is 3.57. The van der Waals surface area contributed by atoms with Crippen LogP contribution in [-0.4, -0.2) is 55.1 Å². The molecule has 4 aromatic rings. The number of carboxylic acids is 1.